The molecule has 8 heteroatoms. The van der Waals surface area contributed by atoms with Gasteiger partial charge in [-0.2, -0.15) is 21.6 Å². The van der Waals surface area contributed by atoms with E-state index < -0.39 is 23.9 Å². The second-order valence-corrected chi connectivity index (χ2v) is 11.8. The van der Waals surface area contributed by atoms with Crippen molar-refractivity contribution in [2.45, 2.75) is 63.7 Å². The van der Waals surface area contributed by atoms with Gasteiger partial charge in [-0.1, -0.05) is 41.0 Å². The average Bonchev–Trinajstić information content (AvgIpc) is 2.13. The zero-order valence-corrected chi connectivity index (χ0v) is 13.2. The smallest absolute Gasteiger partial charge is 0.307 e. The Bertz CT molecular complexity index is 355. The van der Waals surface area contributed by atoms with Gasteiger partial charge in [0.2, 0.25) is 8.32 Å². The van der Waals surface area contributed by atoms with Crippen LogP contribution in [0.4, 0.5) is 13.2 Å². The van der Waals surface area contributed by atoms with Gasteiger partial charge in [0.15, 0.2) is 0 Å². The Morgan fingerprint density at radius 2 is 1.50 bits per heavy atom. The van der Waals surface area contributed by atoms with Crippen LogP contribution in [0.1, 0.15) is 41.0 Å². The molecule has 0 aliphatic carbocycles. The van der Waals surface area contributed by atoms with E-state index in [0.717, 1.165) is 0 Å². The van der Waals surface area contributed by atoms with Gasteiger partial charge in [0.1, 0.15) is 0 Å². The number of rotatable bonds is 6. The van der Waals surface area contributed by atoms with Crippen LogP contribution in [0.25, 0.3) is 0 Å². The molecule has 0 N–H and O–H groups in total. The fourth-order valence-electron chi connectivity index (χ4n) is 2.12. The lowest BCUT2D eigenvalue weighted by atomic mass is 10.5. The van der Waals surface area contributed by atoms with E-state index in [2.05, 4.69) is 0 Å². The van der Waals surface area contributed by atoms with Gasteiger partial charge in [-0.25, -0.2) is 0 Å². The van der Waals surface area contributed by atoms with E-state index in [4.69, 9.17) is 3.87 Å². The van der Waals surface area contributed by atoms with Crippen molar-refractivity contribution < 1.29 is 25.5 Å². The Morgan fingerprint density at radius 1 is 1.11 bits per heavy atom. The van der Waals surface area contributed by atoms with Gasteiger partial charge in [0.05, 0.1) is 0 Å². The zero-order valence-electron chi connectivity index (χ0n) is 11.3. The maximum absolute atomic E-state index is 12.4. The monoisotopic (exact) mass is 306 g/mol. The maximum atomic E-state index is 12.4. The van der Waals surface area contributed by atoms with Gasteiger partial charge in [0, 0.05) is 0 Å². The van der Waals surface area contributed by atoms with Gasteiger partial charge >= 0.3 is 15.6 Å². The molecular weight excluding hydrogens is 285 g/mol. The van der Waals surface area contributed by atoms with Crippen molar-refractivity contribution in [2.24, 2.45) is 0 Å². The van der Waals surface area contributed by atoms with Crippen molar-refractivity contribution in [1.82, 2.24) is 0 Å². The number of halogens is 3. The van der Waals surface area contributed by atoms with E-state index >= 15 is 0 Å². The van der Waals surface area contributed by atoms with Crippen LogP contribution in [0.2, 0.25) is 17.1 Å². The van der Waals surface area contributed by atoms with Crippen LogP contribution >= 0.6 is 0 Å². The molecule has 0 aliphatic rings. The van der Waals surface area contributed by atoms with Gasteiger partial charge in [-0.05, 0) is 17.1 Å². The number of alkyl halides is 3. The van der Waals surface area contributed by atoms with Crippen LogP contribution in [0.3, 0.4) is 0 Å². The van der Waals surface area contributed by atoms with Crippen LogP contribution in [0.5, 0.6) is 0 Å². The standard InChI is InChI=1S/C10H21F3O3SSi/c1-6-7-18(8(2)3,9(4)5)16-17(14,15)10(11,12)13/h8-9H,6-7H2,1-5H3. The van der Waals surface area contributed by atoms with E-state index in [1.54, 1.807) is 27.7 Å². The number of hydrogen-bond donors (Lipinski definition) is 0. The largest absolute Gasteiger partial charge is 0.522 e. The Morgan fingerprint density at radius 3 is 1.72 bits per heavy atom. The molecule has 0 spiro atoms. The van der Waals surface area contributed by atoms with E-state index in [1.165, 1.54) is 0 Å². The first-order chi connectivity index (χ1) is 7.90. The van der Waals surface area contributed by atoms with Crippen molar-refractivity contribution in [3.63, 3.8) is 0 Å². The predicted octanol–water partition coefficient (Wildman–Crippen LogP) is 4.03. The van der Waals surface area contributed by atoms with E-state index in [0.29, 0.717) is 12.5 Å². The normalized spacial score (nSPS) is 14.6. The van der Waals surface area contributed by atoms with Crippen molar-refractivity contribution >= 4 is 18.4 Å². The molecule has 0 bridgehead atoms. The molecule has 0 amide bonds. The quantitative estimate of drug-likeness (QED) is 0.549. The lowest BCUT2D eigenvalue weighted by Crippen LogP contribution is -2.48. The first-order valence-electron chi connectivity index (χ1n) is 5.92. The Balaban J connectivity index is 5.51. The van der Waals surface area contributed by atoms with Crippen molar-refractivity contribution in [1.29, 1.82) is 0 Å². The van der Waals surface area contributed by atoms with Crippen molar-refractivity contribution in [2.75, 3.05) is 0 Å². The molecule has 0 aromatic heterocycles. The predicted molar refractivity (Wildman–Crippen MR) is 67.1 cm³/mol. The highest BCUT2D eigenvalue weighted by Crippen LogP contribution is 2.41. The minimum atomic E-state index is -5.51. The van der Waals surface area contributed by atoms with E-state index in [9.17, 15) is 21.6 Å². The van der Waals surface area contributed by atoms with Crippen LogP contribution in [-0.4, -0.2) is 22.2 Å². The number of hydrogen-bond acceptors (Lipinski definition) is 3. The fourth-order valence-corrected chi connectivity index (χ4v) is 9.27. The Kier molecular flexibility index (Phi) is 5.89. The molecule has 18 heavy (non-hydrogen) atoms. The molecule has 0 aliphatic heterocycles. The van der Waals surface area contributed by atoms with E-state index in [1.807, 2.05) is 6.92 Å². The summed E-state index contributed by atoms with van der Waals surface area (Å²) in [6, 6.07) is 0.400. The minimum Gasteiger partial charge on any atom is -0.307 e. The van der Waals surface area contributed by atoms with Gasteiger partial charge in [0.25, 0.3) is 0 Å². The summed E-state index contributed by atoms with van der Waals surface area (Å²) in [5.74, 6) is 0. The van der Waals surface area contributed by atoms with Crippen LogP contribution in [-0.2, 0) is 14.0 Å². The van der Waals surface area contributed by atoms with Crippen LogP contribution < -0.4 is 0 Å². The van der Waals surface area contributed by atoms with Crippen molar-refractivity contribution in [3.8, 4) is 0 Å². The molecule has 0 saturated heterocycles. The van der Waals surface area contributed by atoms with Crippen molar-refractivity contribution in [3.05, 3.63) is 0 Å². The molecule has 0 aromatic rings. The molecule has 0 aromatic carbocycles. The van der Waals surface area contributed by atoms with Crippen LogP contribution in [0, 0.1) is 0 Å². The third-order valence-corrected chi connectivity index (χ3v) is 11.0. The molecule has 0 saturated carbocycles. The lowest BCUT2D eigenvalue weighted by Gasteiger charge is -2.37. The average molecular weight is 306 g/mol. The van der Waals surface area contributed by atoms with Gasteiger partial charge in [-0.3, -0.25) is 0 Å². The Labute approximate surface area is 108 Å². The second-order valence-electron chi connectivity index (χ2n) is 5.00. The molecule has 3 nitrogen and oxygen atoms in total. The minimum absolute atomic E-state index is 0.199. The molecule has 0 radical (unpaired) electrons. The zero-order chi connectivity index (χ0) is 14.8. The fraction of sp³-hybridized carbons (Fsp3) is 1.00. The first kappa shape index (κ1) is 17.9. The topological polar surface area (TPSA) is 43.4 Å². The SMILES string of the molecule is CCC[Si](OS(=O)(=O)C(F)(F)F)(C(C)C)C(C)C. The highest BCUT2D eigenvalue weighted by molar-refractivity contribution is 7.88. The van der Waals surface area contributed by atoms with Gasteiger partial charge in [-0.15, -0.1) is 0 Å². The van der Waals surface area contributed by atoms with E-state index in [-0.39, 0.29) is 11.1 Å². The summed E-state index contributed by atoms with van der Waals surface area (Å²) < 4.78 is 64.5. The molecular formula is C10H21F3O3SSi. The first-order valence-corrected chi connectivity index (χ1v) is 9.60. The molecule has 110 valence electrons. The maximum Gasteiger partial charge on any atom is 0.522 e. The second kappa shape index (κ2) is 5.92. The molecule has 0 rings (SSSR count). The molecule has 0 atom stereocenters. The van der Waals surface area contributed by atoms with Crippen LogP contribution in [0.15, 0.2) is 0 Å². The summed E-state index contributed by atoms with van der Waals surface area (Å²) >= 11 is 0. The molecule has 0 unspecified atom stereocenters. The third-order valence-electron chi connectivity index (χ3n) is 3.14. The Hall–Kier alpha value is -0.0831. The summed E-state index contributed by atoms with van der Waals surface area (Å²) in [4.78, 5) is 0. The summed E-state index contributed by atoms with van der Waals surface area (Å²) in [6.07, 6.45) is 0.607. The third kappa shape index (κ3) is 3.71. The summed E-state index contributed by atoms with van der Waals surface area (Å²) in [6.45, 7) is 8.74. The highest BCUT2D eigenvalue weighted by atomic mass is 32.2. The van der Waals surface area contributed by atoms with Gasteiger partial charge < -0.3 is 3.87 Å². The summed E-state index contributed by atoms with van der Waals surface area (Å²) in [5.41, 5.74) is -5.74. The lowest BCUT2D eigenvalue weighted by molar-refractivity contribution is -0.0505. The summed E-state index contributed by atoms with van der Waals surface area (Å²) in [7, 11) is -8.51. The molecule has 0 heterocycles. The highest BCUT2D eigenvalue weighted by Gasteiger charge is 2.54. The summed E-state index contributed by atoms with van der Waals surface area (Å²) in [5, 5.41) is 0. The molecule has 0 fully saturated rings.